The van der Waals surface area contributed by atoms with E-state index in [1.165, 1.54) is 0 Å². The van der Waals surface area contributed by atoms with Crippen LogP contribution in [0.4, 0.5) is 5.95 Å². The molecule has 0 aliphatic heterocycles. The zero-order chi connectivity index (χ0) is 12.1. The van der Waals surface area contributed by atoms with Crippen molar-refractivity contribution in [2.24, 2.45) is 5.73 Å². The molecule has 1 rings (SSSR count). The molecule has 4 N–H and O–H groups in total. The summed E-state index contributed by atoms with van der Waals surface area (Å²) in [4.78, 5) is 14.5. The average molecular weight is 222 g/mol. The average Bonchev–Trinajstić information content (AvgIpc) is 2.43. The molecule has 0 aliphatic rings. The lowest BCUT2D eigenvalue weighted by Gasteiger charge is -2.04. The van der Waals surface area contributed by atoms with Gasteiger partial charge < -0.3 is 16.0 Å². The van der Waals surface area contributed by atoms with E-state index in [2.05, 4.69) is 18.1 Å². The molecule has 1 aromatic heterocycles. The number of unbranched alkanes of at least 4 members (excludes halogenated alkanes) is 2. The molecule has 0 bridgehead atoms. The molecule has 1 aromatic rings. The number of carbonyl (C=O) groups is 1. The first-order chi connectivity index (χ1) is 7.52. The lowest BCUT2D eigenvalue weighted by molar-refractivity contribution is -0.118. The van der Waals surface area contributed by atoms with Gasteiger partial charge in [0.25, 0.3) is 0 Å². The predicted octanol–water partition coefficient (Wildman–Crippen LogP) is -0.668. The van der Waals surface area contributed by atoms with Crippen LogP contribution < -0.4 is 22.2 Å². The topological polar surface area (TPSA) is 86.9 Å². The molecule has 0 radical (unpaired) electrons. The minimum atomic E-state index is -0.250. The highest BCUT2D eigenvalue weighted by Crippen LogP contribution is 2.02. The van der Waals surface area contributed by atoms with E-state index in [0.717, 1.165) is 31.2 Å². The minimum Gasteiger partial charge on any atom is -0.370 e. The van der Waals surface area contributed by atoms with Crippen LogP contribution in [0.5, 0.6) is 0 Å². The quantitative estimate of drug-likeness (QED) is 0.626. The van der Waals surface area contributed by atoms with E-state index < -0.39 is 0 Å². The van der Waals surface area contributed by atoms with Crippen molar-refractivity contribution >= 4 is 25.0 Å². The van der Waals surface area contributed by atoms with Gasteiger partial charge in [-0.25, -0.2) is 4.98 Å². The van der Waals surface area contributed by atoms with Crippen molar-refractivity contribution in [3.8, 4) is 0 Å². The van der Waals surface area contributed by atoms with Crippen molar-refractivity contribution in [2.75, 3.05) is 5.73 Å². The molecule has 0 unspecified atom stereocenters. The molecule has 0 saturated heterocycles. The first-order valence-electron chi connectivity index (χ1n) is 5.30. The standard InChI is InChI=1S/C11H18N4O/c1-8-9(2)15(11(13)14-8)7-5-3-4-6-10(12)16/h1-7H2,(H2,12,16)(H2,13,14). The summed E-state index contributed by atoms with van der Waals surface area (Å²) in [6, 6.07) is 0. The normalized spacial score (nSPS) is 10.5. The van der Waals surface area contributed by atoms with Gasteiger partial charge in [-0.1, -0.05) is 19.6 Å². The molecule has 16 heavy (non-hydrogen) atoms. The van der Waals surface area contributed by atoms with Crippen LogP contribution >= 0.6 is 0 Å². The maximum absolute atomic E-state index is 10.5. The first-order valence-corrected chi connectivity index (χ1v) is 5.30. The molecular formula is C11H18N4O. The highest BCUT2D eigenvalue weighted by atomic mass is 16.1. The van der Waals surface area contributed by atoms with E-state index in [-0.39, 0.29) is 5.91 Å². The van der Waals surface area contributed by atoms with Crippen LogP contribution in [0.2, 0.25) is 0 Å². The second-order valence-electron chi connectivity index (χ2n) is 3.79. The first kappa shape index (κ1) is 12.3. The zero-order valence-corrected chi connectivity index (χ0v) is 9.41. The van der Waals surface area contributed by atoms with Gasteiger partial charge >= 0.3 is 0 Å². The fraction of sp³-hybridized carbons (Fsp3) is 0.455. The van der Waals surface area contributed by atoms with Crippen LogP contribution in [0.25, 0.3) is 13.2 Å². The third-order valence-corrected chi connectivity index (χ3v) is 2.49. The largest absolute Gasteiger partial charge is 0.370 e. The van der Waals surface area contributed by atoms with Crippen LogP contribution in [-0.4, -0.2) is 15.5 Å². The number of hydrogen-bond donors (Lipinski definition) is 2. The molecule has 0 atom stereocenters. The maximum atomic E-state index is 10.5. The Morgan fingerprint density at radius 2 is 2.00 bits per heavy atom. The van der Waals surface area contributed by atoms with Crippen LogP contribution in [0.1, 0.15) is 25.7 Å². The van der Waals surface area contributed by atoms with E-state index >= 15 is 0 Å². The zero-order valence-electron chi connectivity index (χ0n) is 9.41. The molecule has 1 amide bonds. The van der Waals surface area contributed by atoms with Crippen molar-refractivity contribution < 1.29 is 4.79 Å². The lowest BCUT2D eigenvalue weighted by Crippen LogP contribution is -2.27. The van der Waals surface area contributed by atoms with Gasteiger partial charge in [0.15, 0.2) is 0 Å². The van der Waals surface area contributed by atoms with Gasteiger partial charge in [-0.15, -0.1) is 0 Å². The van der Waals surface area contributed by atoms with Crippen LogP contribution in [0.15, 0.2) is 0 Å². The summed E-state index contributed by atoms with van der Waals surface area (Å²) >= 11 is 0. The second kappa shape index (κ2) is 5.34. The summed E-state index contributed by atoms with van der Waals surface area (Å²) < 4.78 is 1.84. The summed E-state index contributed by atoms with van der Waals surface area (Å²) in [5.74, 6) is 0.199. The summed E-state index contributed by atoms with van der Waals surface area (Å²) in [5.41, 5.74) is 10.7. The van der Waals surface area contributed by atoms with Crippen molar-refractivity contribution in [1.29, 1.82) is 0 Å². The second-order valence-corrected chi connectivity index (χ2v) is 3.79. The Morgan fingerprint density at radius 1 is 1.31 bits per heavy atom. The number of aromatic nitrogens is 2. The van der Waals surface area contributed by atoms with Gasteiger partial charge in [-0.05, 0) is 12.8 Å². The molecule has 88 valence electrons. The van der Waals surface area contributed by atoms with Gasteiger partial charge in [0, 0.05) is 13.0 Å². The number of imidazole rings is 1. The summed E-state index contributed by atoms with van der Waals surface area (Å²) in [6.07, 6.45) is 3.12. The van der Waals surface area contributed by atoms with E-state index in [9.17, 15) is 4.79 Å². The Kier molecular flexibility index (Phi) is 4.10. The van der Waals surface area contributed by atoms with Gasteiger partial charge in [0.05, 0.1) is 10.7 Å². The van der Waals surface area contributed by atoms with Crippen LogP contribution in [0.3, 0.4) is 0 Å². The fourth-order valence-electron chi connectivity index (χ4n) is 1.55. The van der Waals surface area contributed by atoms with Gasteiger partial charge in [0.1, 0.15) is 0 Å². The Morgan fingerprint density at radius 3 is 2.50 bits per heavy atom. The molecule has 0 saturated carbocycles. The van der Waals surface area contributed by atoms with E-state index in [0.29, 0.717) is 17.7 Å². The Hall–Kier alpha value is -1.78. The number of primary amides is 1. The molecule has 1 heterocycles. The smallest absolute Gasteiger partial charge is 0.217 e. The molecule has 0 aromatic carbocycles. The van der Waals surface area contributed by atoms with Crippen LogP contribution in [0, 0.1) is 0 Å². The van der Waals surface area contributed by atoms with E-state index in [4.69, 9.17) is 11.5 Å². The van der Waals surface area contributed by atoms with Gasteiger partial charge in [-0.3, -0.25) is 4.79 Å². The Bertz CT molecular complexity index is 463. The number of rotatable bonds is 6. The summed E-state index contributed by atoms with van der Waals surface area (Å²) in [7, 11) is 0. The monoisotopic (exact) mass is 222 g/mol. The van der Waals surface area contributed by atoms with E-state index in [1.54, 1.807) is 0 Å². The van der Waals surface area contributed by atoms with Crippen molar-refractivity contribution in [1.82, 2.24) is 9.55 Å². The molecule has 5 heteroatoms. The minimum absolute atomic E-state index is 0.250. The molecule has 5 nitrogen and oxygen atoms in total. The van der Waals surface area contributed by atoms with Crippen LogP contribution in [-0.2, 0) is 11.3 Å². The Balaban J connectivity index is 2.41. The lowest BCUT2D eigenvalue weighted by atomic mass is 10.2. The van der Waals surface area contributed by atoms with Crippen molar-refractivity contribution in [3.63, 3.8) is 0 Å². The van der Waals surface area contributed by atoms with Gasteiger partial charge in [-0.2, -0.15) is 0 Å². The van der Waals surface area contributed by atoms with E-state index in [1.807, 2.05) is 4.57 Å². The SMILES string of the molecule is C=c1nc(N)n(CCCCCC(N)=O)c1=C. The number of hydrogen-bond acceptors (Lipinski definition) is 3. The number of anilines is 1. The summed E-state index contributed by atoms with van der Waals surface area (Å²) in [6.45, 7) is 8.34. The van der Waals surface area contributed by atoms with Crippen molar-refractivity contribution in [2.45, 2.75) is 32.2 Å². The molecular weight excluding hydrogens is 204 g/mol. The highest BCUT2D eigenvalue weighted by molar-refractivity contribution is 5.73. The molecule has 0 aliphatic carbocycles. The number of nitrogen functional groups attached to an aromatic ring is 1. The Labute approximate surface area is 94.5 Å². The number of nitrogens with two attached hydrogens (primary N) is 2. The van der Waals surface area contributed by atoms with Crippen molar-refractivity contribution in [3.05, 3.63) is 10.7 Å². The molecule has 0 fully saturated rings. The number of nitrogens with zero attached hydrogens (tertiary/aromatic N) is 2. The third-order valence-electron chi connectivity index (χ3n) is 2.49. The molecule has 0 spiro atoms. The maximum Gasteiger partial charge on any atom is 0.217 e. The third kappa shape index (κ3) is 3.12. The summed E-state index contributed by atoms with van der Waals surface area (Å²) in [5, 5.41) is 1.38. The number of carbonyl (C=O) groups excluding carboxylic acids is 1. The highest BCUT2D eigenvalue weighted by Gasteiger charge is 2.01. The van der Waals surface area contributed by atoms with Gasteiger partial charge in [0.2, 0.25) is 11.9 Å². The predicted molar refractivity (Wildman–Crippen MR) is 64.6 cm³/mol. The fourth-order valence-corrected chi connectivity index (χ4v) is 1.55. The number of amides is 1.